The molecule has 24 heavy (non-hydrogen) atoms. The normalized spacial score (nSPS) is 16.1. The van der Waals surface area contributed by atoms with E-state index in [1.165, 1.54) is 6.33 Å². The van der Waals surface area contributed by atoms with Crippen molar-refractivity contribution in [1.29, 1.82) is 0 Å². The molecule has 0 saturated carbocycles. The molecule has 1 aliphatic rings. The molecular formula is C15H19Cl2N7. The largest absolute Gasteiger partial charge is 0.393 e. The van der Waals surface area contributed by atoms with Crippen LogP contribution >= 0.6 is 23.2 Å². The highest BCUT2D eigenvalue weighted by atomic mass is 35.5. The molecule has 0 atom stereocenters. The third-order valence-corrected chi connectivity index (χ3v) is 4.21. The smallest absolute Gasteiger partial charge is 0.169 e. The van der Waals surface area contributed by atoms with Gasteiger partial charge in [-0.25, -0.2) is 15.0 Å². The van der Waals surface area contributed by atoms with E-state index in [9.17, 15) is 0 Å². The topological polar surface area (TPSA) is 82.3 Å². The van der Waals surface area contributed by atoms with Gasteiger partial charge in [-0.05, 0) is 25.2 Å². The molecule has 1 fully saturated rings. The van der Waals surface area contributed by atoms with Gasteiger partial charge in [0.25, 0.3) is 0 Å². The molecule has 4 N–H and O–H groups in total. The number of nitrogens with two attached hydrogens (primary N) is 1. The van der Waals surface area contributed by atoms with Crippen molar-refractivity contribution in [2.75, 3.05) is 49.7 Å². The zero-order chi connectivity index (χ0) is 17.1. The molecule has 0 unspecified atom stereocenters. The fourth-order valence-corrected chi connectivity index (χ4v) is 2.94. The predicted octanol–water partition coefficient (Wildman–Crippen LogP) is 2.68. The summed E-state index contributed by atoms with van der Waals surface area (Å²) in [6.07, 6.45) is 1.46. The van der Waals surface area contributed by atoms with Crippen LogP contribution in [-0.2, 0) is 0 Å². The number of hydrogen-bond acceptors (Lipinski definition) is 7. The first kappa shape index (κ1) is 17.0. The third kappa shape index (κ3) is 4.18. The van der Waals surface area contributed by atoms with Crippen molar-refractivity contribution in [3.8, 4) is 0 Å². The Morgan fingerprint density at radius 1 is 1.00 bits per heavy atom. The lowest BCUT2D eigenvalue weighted by Crippen LogP contribution is -2.47. The first-order chi connectivity index (χ1) is 11.5. The Balaban J connectivity index is 1.75. The lowest BCUT2D eigenvalue weighted by atomic mass is 10.3. The second-order valence-corrected chi connectivity index (χ2v) is 6.54. The molecule has 0 spiro atoms. The van der Waals surface area contributed by atoms with E-state index in [-0.39, 0.29) is 0 Å². The SMILES string of the molecule is CN1CCN(Nc2ncnc(Nc3cc(Cl)cc(Cl)c3)c2N)CC1. The van der Waals surface area contributed by atoms with Crippen LogP contribution in [0.25, 0.3) is 0 Å². The van der Waals surface area contributed by atoms with Crippen molar-refractivity contribution >= 4 is 46.2 Å². The molecular weight excluding hydrogens is 349 g/mol. The number of aromatic nitrogens is 2. The summed E-state index contributed by atoms with van der Waals surface area (Å²) in [6, 6.07) is 5.17. The quantitative estimate of drug-likeness (QED) is 0.765. The minimum Gasteiger partial charge on any atom is -0.393 e. The lowest BCUT2D eigenvalue weighted by molar-refractivity contribution is 0.178. The number of nitrogens with zero attached hydrogens (tertiary/aromatic N) is 4. The van der Waals surface area contributed by atoms with Gasteiger partial charge in [-0.1, -0.05) is 23.2 Å². The summed E-state index contributed by atoms with van der Waals surface area (Å²) in [4.78, 5) is 10.7. The highest BCUT2D eigenvalue weighted by Crippen LogP contribution is 2.29. The standard InChI is InChI=1S/C15H19Cl2N7/c1-23-2-4-24(5-3-23)22-15-13(18)14(19-9-20-15)21-12-7-10(16)6-11(17)8-12/h6-9H,2-5,18H2,1H3,(H2,19,20,21,22). The maximum atomic E-state index is 6.20. The number of anilines is 4. The molecule has 1 aromatic carbocycles. The van der Waals surface area contributed by atoms with Gasteiger partial charge in [-0.2, -0.15) is 0 Å². The fourth-order valence-electron chi connectivity index (χ4n) is 2.42. The van der Waals surface area contributed by atoms with Gasteiger partial charge in [0.1, 0.15) is 12.0 Å². The van der Waals surface area contributed by atoms with Crippen LogP contribution in [0.5, 0.6) is 0 Å². The van der Waals surface area contributed by atoms with Gasteiger partial charge >= 0.3 is 0 Å². The summed E-state index contributed by atoms with van der Waals surface area (Å²) in [5.74, 6) is 1.07. The number of halogens is 2. The Labute approximate surface area is 150 Å². The van der Waals surface area contributed by atoms with Crippen LogP contribution < -0.4 is 16.5 Å². The van der Waals surface area contributed by atoms with Crippen LogP contribution in [0, 0.1) is 0 Å². The van der Waals surface area contributed by atoms with E-state index in [2.05, 4.69) is 37.7 Å². The van der Waals surface area contributed by atoms with Crippen molar-refractivity contribution in [3.05, 3.63) is 34.6 Å². The second-order valence-electron chi connectivity index (χ2n) is 5.67. The maximum absolute atomic E-state index is 6.20. The van der Waals surface area contributed by atoms with E-state index in [1.54, 1.807) is 18.2 Å². The number of hydrogen-bond donors (Lipinski definition) is 3. The van der Waals surface area contributed by atoms with Crippen molar-refractivity contribution in [2.24, 2.45) is 0 Å². The van der Waals surface area contributed by atoms with Crippen molar-refractivity contribution in [2.45, 2.75) is 0 Å². The van der Waals surface area contributed by atoms with E-state index >= 15 is 0 Å². The fraction of sp³-hybridized carbons (Fsp3) is 0.333. The molecule has 2 heterocycles. The van der Waals surface area contributed by atoms with Crippen LogP contribution in [0.4, 0.5) is 23.0 Å². The van der Waals surface area contributed by atoms with Crippen LogP contribution in [0.1, 0.15) is 0 Å². The zero-order valence-electron chi connectivity index (χ0n) is 13.3. The molecule has 1 aromatic heterocycles. The van der Waals surface area contributed by atoms with Crippen molar-refractivity contribution in [1.82, 2.24) is 19.9 Å². The van der Waals surface area contributed by atoms with Crippen LogP contribution in [-0.4, -0.2) is 53.1 Å². The summed E-state index contributed by atoms with van der Waals surface area (Å²) in [7, 11) is 2.11. The molecule has 1 aliphatic heterocycles. The monoisotopic (exact) mass is 367 g/mol. The minimum atomic E-state index is 0.438. The number of rotatable bonds is 4. The van der Waals surface area contributed by atoms with Gasteiger partial charge in [-0.3, -0.25) is 0 Å². The van der Waals surface area contributed by atoms with Crippen LogP contribution in [0.2, 0.25) is 10.0 Å². The molecule has 0 bridgehead atoms. The number of hydrazine groups is 1. The highest BCUT2D eigenvalue weighted by Gasteiger charge is 2.16. The number of piperazine rings is 1. The number of likely N-dealkylation sites (N-methyl/N-ethyl adjacent to an activating group) is 1. The summed E-state index contributed by atoms with van der Waals surface area (Å²) in [6.45, 7) is 3.77. The second kappa shape index (κ2) is 7.40. The summed E-state index contributed by atoms with van der Waals surface area (Å²) in [5, 5.41) is 6.29. The molecule has 7 nitrogen and oxygen atoms in total. The number of benzene rings is 1. The Hall–Kier alpha value is -1.80. The number of nitrogens with one attached hydrogen (secondary N) is 2. The van der Waals surface area contributed by atoms with Gasteiger partial charge in [0.2, 0.25) is 0 Å². The first-order valence-electron chi connectivity index (χ1n) is 7.55. The first-order valence-corrected chi connectivity index (χ1v) is 8.30. The number of nitrogen functional groups attached to an aromatic ring is 1. The maximum Gasteiger partial charge on any atom is 0.169 e. The Bertz CT molecular complexity index is 697. The van der Waals surface area contributed by atoms with E-state index in [0.717, 1.165) is 26.2 Å². The minimum absolute atomic E-state index is 0.438. The van der Waals surface area contributed by atoms with Crippen LogP contribution in [0.3, 0.4) is 0 Å². The van der Waals surface area contributed by atoms with Gasteiger partial charge in [-0.15, -0.1) is 0 Å². The molecule has 128 valence electrons. The molecule has 0 radical (unpaired) electrons. The lowest BCUT2D eigenvalue weighted by Gasteiger charge is -2.32. The average molecular weight is 368 g/mol. The Kier molecular flexibility index (Phi) is 5.25. The van der Waals surface area contributed by atoms with Crippen molar-refractivity contribution in [3.63, 3.8) is 0 Å². The molecule has 0 aliphatic carbocycles. The summed E-state index contributed by atoms with van der Waals surface area (Å²) < 4.78 is 0. The summed E-state index contributed by atoms with van der Waals surface area (Å²) >= 11 is 12.0. The van der Waals surface area contributed by atoms with E-state index in [0.29, 0.717) is 33.1 Å². The van der Waals surface area contributed by atoms with Gasteiger partial charge < -0.3 is 21.4 Å². The Morgan fingerprint density at radius 2 is 1.62 bits per heavy atom. The average Bonchev–Trinajstić information content (AvgIpc) is 2.52. The van der Waals surface area contributed by atoms with E-state index in [1.807, 2.05) is 0 Å². The van der Waals surface area contributed by atoms with Gasteiger partial charge in [0.15, 0.2) is 11.6 Å². The van der Waals surface area contributed by atoms with Crippen molar-refractivity contribution < 1.29 is 0 Å². The Morgan fingerprint density at radius 3 is 2.29 bits per heavy atom. The highest BCUT2D eigenvalue weighted by molar-refractivity contribution is 6.35. The molecule has 2 aromatic rings. The van der Waals surface area contributed by atoms with Gasteiger partial charge in [0, 0.05) is 41.9 Å². The zero-order valence-corrected chi connectivity index (χ0v) is 14.8. The molecule has 3 rings (SSSR count). The molecule has 9 heteroatoms. The predicted molar refractivity (Wildman–Crippen MR) is 98.9 cm³/mol. The molecule has 0 amide bonds. The van der Waals surface area contributed by atoms with E-state index in [4.69, 9.17) is 28.9 Å². The van der Waals surface area contributed by atoms with Gasteiger partial charge in [0.05, 0.1) is 0 Å². The third-order valence-electron chi connectivity index (χ3n) is 3.78. The summed E-state index contributed by atoms with van der Waals surface area (Å²) in [5.41, 5.74) is 10.6. The molecule has 1 saturated heterocycles. The van der Waals surface area contributed by atoms with Crippen LogP contribution in [0.15, 0.2) is 24.5 Å². The van der Waals surface area contributed by atoms with E-state index < -0.39 is 0 Å².